The van der Waals surface area contributed by atoms with Crippen LogP contribution in [0.2, 0.25) is 0 Å². The minimum absolute atomic E-state index is 0.129. The van der Waals surface area contributed by atoms with Crippen LogP contribution in [0, 0.1) is 12.3 Å². The zero-order valence-electron chi connectivity index (χ0n) is 17.3. The number of aromatic nitrogens is 1. The van der Waals surface area contributed by atoms with Crippen LogP contribution in [0.5, 0.6) is 5.75 Å². The standard InChI is InChI=1S/C19H22N2O3S.C2HF3O2/c1-14-4-5-16(25-14)18(22)21-9-6-17-19(12-21,7-10-23-17)13-24-15-3-2-8-20-11-15;3-2(4,5)1(6)7/h2-5,8,11,17H,6-7,9-10,12-13H2,1H3;(H,6,7)/t17-,19+;/m1./s1. The lowest BCUT2D eigenvalue weighted by molar-refractivity contribution is -0.192. The number of nitrogens with zero attached hydrogens (tertiary/aromatic N) is 2. The van der Waals surface area contributed by atoms with Gasteiger partial charge in [-0.3, -0.25) is 9.78 Å². The summed E-state index contributed by atoms with van der Waals surface area (Å²) in [5, 5.41) is 7.12. The largest absolute Gasteiger partial charge is 0.491 e. The Hall–Kier alpha value is -2.66. The van der Waals surface area contributed by atoms with Crippen molar-refractivity contribution in [3.63, 3.8) is 0 Å². The molecule has 0 bridgehead atoms. The molecule has 1 amide bonds. The number of thiophene rings is 1. The van der Waals surface area contributed by atoms with Gasteiger partial charge in [0, 0.05) is 30.8 Å². The van der Waals surface area contributed by atoms with Crippen LogP contribution in [0.1, 0.15) is 27.4 Å². The zero-order chi connectivity index (χ0) is 23.4. The SMILES string of the molecule is Cc1ccc(C(=O)N2CC[C@H]3OCC[C@@]3(COc3cccnc3)C2)s1.O=C(O)C(F)(F)F. The van der Waals surface area contributed by atoms with Gasteiger partial charge in [0.15, 0.2) is 0 Å². The number of alkyl halides is 3. The Labute approximate surface area is 186 Å². The van der Waals surface area contributed by atoms with Gasteiger partial charge in [-0.1, -0.05) is 0 Å². The molecular formula is C21H23F3N2O5S. The number of carboxylic acids is 1. The monoisotopic (exact) mass is 472 g/mol. The minimum Gasteiger partial charge on any atom is -0.491 e. The number of likely N-dealkylation sites (tertiary alicyclic amines) is 1. The maximum atomic E-state index is 12.9. The maximum Gasteiger partial charge on any atom is 0.490 e. The highest BCUT2D eigenvalue weighted by Gasteiger charge is 2.49. The van der Waals surface area contributed by atoms with Crippen LogP contribution in [0.4, 0.5) is 13.2 Å². The molecule has 4 rings (SSSR count). The van der Waals surface area contributed by atoms with E-state index in [-0.39, 0.29) is 17.4 Å². The minimum atomic E-state index is -5.08. The van der Waals surface area contributed by atoms with E-state index in [0.29, 0.717) is 13.2 Å². The quantitative estimate of drug-likeness (QED) is 0.729. The van der Waals surface area contributed by atoms with Crippen LogP contribution in [-0.2, 0) is 9.53 Å². The molecule has 2 aliphatic heterocycles. The Morgan fingerprint density at radius 3 is 2.72 bits per heavy atom. The number of rotatable bonds is 4. The maximum absolute atomic E-state index is 12.9. The first-order chi connectivity index (χ1) is 15.1. The van der Waals surface area contributed by atoms with Gasteiger partial charge in [0.1, 0.15) is 5.75 Å². The predicted molar refractivity (Wildman–Crippen MR) is 110 cm³/mol. The molecule has 0 unspecified atom stereocenters. The predicted octanol–water partition coefficient (Wildman–Crippen LogP) is 3.79. The average Bonchev–Trinajstić information content (AvgIpc) is 3.38. The number of hydrogen-bond donors (Lipinski definition) is 1. The van der Waals surface area contributed by atoms with Crippen LogP contribution in [-0.4, -0.2) is 65.5 Å². The molecule has 0 radical (unpaired) electrons. The summed E-state index contributed by atoms with van der Waals surface area (Å²) in [6.45, 7) is 4.75. The number of fused-ring (bicyclic) bond motifs is 1. The number of halogens is 3. The van der Waals surface area contributed by atoms with Crippen molar-refractivity contribution in [3.8, 4) is 5.75 Å². The average molecular weight is 472 g/mol. The second kappa shape index (κ2) is 9.86. The molecule has 2 saturated heterocycles. The first kappa shape index (κ1) is 24.0. The summed E-state index contributed by atoms with van der Waals surface area (Å²) in [6.07, 6.45) is 0.328. The van der Waals surface area contributed by atoms with E-state index in [1.54, 1.807) is 23.7 Å². The number of piperidine rings is 1. The Bertz CT molecular complexity index is 937. The summed E-state index contributed by atoms with van der Waals surface area (Å²) >= 11 is 1.56. The normalized spacial score (nSPS) is 22.5. The molecule has 0 spiro atoms. The second-order valence-corrected chi connectivity index (χ2v) is 8.97. The van der Waals surface area contributed by atoms with Gasteiger partial charge in [-0.2, -0.15) is 13.2 Å². The number of carboxylic acid groups (broad SMARTS) is 1. The van der Waals surface area contributed by atoms with Crippen LogP contribution >= 0.6 is 11.3 Å². The first-order valence-electron chi connectivity index (χ1n) is 9.91. The van der Waals surface area contributed by atoms with Gasteiger partial charge in [0.05, 0.1) is 29.2 Å². The lowest BCUT2D eigenvalue weighted by atomic mass is 9.77. The zero-order valence-corrected chi connectivity index (χ0v) is 18.1. The smallest absolute Gasteiger partial charge is 0.490 e. The molecule has 0 aromatic carbocycles. The summed E-state index contributed by atoms with van der Waals surface area (Å²) in [6, 6.07) is 7.71. The van der Waals surface area contributed by atoms with E-state index >= 15 is 0 Å². The van der Waals surface area contributed by atoms with Crippen molar-refractivity contribution in [1.82, 2.24) is 9.88 Å². The summed E-state index contributed by atoms with van der Waals surface area (Å²) in [5.41, 5.74) is -0.129. The molecule has 2 aliphatic rings. The van der Waals surface area contributed by atoms with Crippen molar-refractivity contribution >= 4 is 23.2 Å². The summed E-state index contributed by atoms with van der Waals surface area (Å²) < 4.78 is 43.7. The van der Waals surface area contributed by atoms with Gasteiger partial charge in [-0.25, -0.2) is 4.79 Å². The van der Waals surface area contributed by atoms with Crippen LogP contribution in [0.25, 0.3) is 0 Å². The summed E-state index contributed by atoms with van der Waals surface area (Å²) in [5.74, 6) is -1.86. The highest BCUT2D eigenvalue weighted by molar-refractivity contribution is 7.13. The first-order valence-corrected chi connectivity index (χ1v) is 10.7. The molecule has 32 heavy (non-hydrogen) atoms. The fourth-order valence-electron chi connectivity index (χ4n) is 3.79. The molecule has 1 N–H and O–H groups in total. The molecule has 2 atom stereocenters. The highest BCUT2D eigenvalue weighted by Crippen LogP contribution is 2.41. The van der Waals surface area contributed by atoms with Crippen molar-refractivity contribution in [1.29, 1.82) is 0 Å². The summed E-state index contributed by atoms with van der Waals surface area (Å²) in [7, 11) is 0. The van der Waals surface area contributed by atoms with Gasteiger partial charge >= 0.3 is 12.1 Å². The number of hydrogen-bond acceptors (Lipinski definition) is 6. The fraction of sp³-hybridized carbons (Fsp3) is 0.476. The molecule has 4 heterocycles. The van der Waals surface area contributed by atoms with E-state index in [1.165, 1.54) is 0 Å². The molecule has 7 nitrogen and oxygen atoms in total. The van der Waals surface area contributed by atoms with E-state index in [9.17, 15) is 18.0 Å². The molecule has 2 fully saturated rings. The molecule has 11 heteroatoms. The number of pyridine rings is 1. The second-order valence-electron chi connectivity index (χ2n) is 7.68. The number of aryl methyl sites for hydroxylation is 1. The van der Waals surface area contributed by atoms with Gasteiger partial charge < -0.3 is 19.5 Å². The molecule has 2 aromatic heterocycles. The van der Waals surface area contributed by atoms with E-state index in [1.807, 2.05) is 36.1 Å². The lowest BCUT2D eigenvalue weighted by Crippen LogP contribution is -2.54. The van der Waals surface area contributed by atoms with Gasteiger partial charge in [-0.05, 0) is 44.0 Å². The third-order valence-corrected chi connectivity index (χ3v) is 6.40. The van der Waals surface area contributed by atoms with E-state index in [4.69, 9.17) is 19.4 Å². The third kappa shape index (κ3) is 5.77. The van der Waals surface area contributed by atoms with Crippen LogP contribution in [0.3, 0.4) is 0 Å². The Balaban J connectivity index is 0.000000360. The fourth-order valence-corrected chi connectivity index (χ4v) is 4.63. The van der Waals surface area contributed by atoms with Crippen molar-refractivity contribution in [2.45, 2.75) is 32.0 Å². The molecule has 0 saturated carbocycles. The highest BCUT2D eigenvalue weighted by atomic mass is 32.1. The topological polar surface area (TPSA) is 89.0 Å². The molecule has 174 valence electrons. The van der Waals surface area contributed by atoms with Crippen molar-refractivity contribution in [2.24, 2.45) is 5.41 Å². The van der Waals surface area contributed by atoms with Gasteiger partial charge in [-0.15, -0.1) is 11.3 Å². The Morgan fingerprint density at radius 2 is 2.12 bits per heavy atom. The number of aliphatic carboxylic acids is 1. The van der Waals surface area contributed by atoms with Crippen LogP contribution < -0.4 is 4.74 Å². The summed E-state index contributed by atoms with van der Waals surface area (Å²) in [4.78, 5) is 29.8. The van der Waals surface area contributed by atoms with Crippen molar-refractivity contribution in [3.05, 3.63) is 46.4 Å². The Kier molecular flexibility index (Phi) is 7.40. The Morgan fingerprint density at radius 1 is 1.38 bits per heavy atom. The number of amides is 1. The van der Waals surface area contributed by atoms with Gasteiger partial charge in [0.2, 0.25) is 0 Å². The van der Waals surface area contributed by atoms with Crippen molar-refractivity contribution < 1.29 is 37.3 Å². The van der Waals surface area contributed by atoms with Crippen molar-refractivity contribution in [2.75, 3.05) is 26.3 Å². The molecule has 2 aromatic rings. The van der Waals surface area contributed by atoms with Crippen LogP contribution in [0.15, 0.2) is 36.7 Å². The molecular weight excluding hydrogens is 449 g/mol. The van der Waals surface area contributed by atoms with E-state index in [2.05, 4.69) is 4.98 Å². The third-order valence-electron chi connectivity index (χ3n) is 5.41. The molecule has 0 aliphatic carbocycles. The van der Waals surface area contributed by atoms with Gasteiger partial charge in [0.25, 0.3) is 5.91 Å². The number of carbonyl (C=O) groups is 2. The lowest BCUT2D eigenvalue weighted by Gasteiger charge is -2.43. The van der Waals surface area contributed by atoms with E-state index in [0.717, 1.165) is 41.5 Å². The number of carbonyl (C=O) groups excluding carboxylic acids is 1. The number of ether oxygens (including phenoxy) is 2. The van der Waals surface area contributed by atoms with E-state index < -0.39 is 12.1 Å².